The van der Waals surface area contributed by atoms with Crippen molar-refractivity contribution in [2.24, 2.45) is 5.92 Å². The van der Waals surface area contributed by atoms with E-state index in [1.165, 1.54) is 7.11 Å². The van der Waals surface area contributed by atoms with Gasteiger partial charge in [0.2, 0.25) is 0 Å². The van der Waals surface area contributed by atoms with Crippen LogP contribution in [0.1, 0.15) is 39.7 Å². The molecule has 3 rings (SSSR count). The summed E-state index contributed by atoms with van der Waals surface area (Å²) in [5.74, 6) is -1.39. The van der Waals surface area contributed by atoms with Gasteiger partial charge in [0.15, 0.2) is 16.6 Å². The highest BCUT2D eigenvalue weighted by molar-refractivity contribution is 7.17. The van der Waals surface area contributed by atoms with Gasteiger partial charge in [-0.15, -0.1) is 0 Å². The van der Waals surface area contributed by atoms with Gasteiger partial charge in [0, 0.05) is 6.07 Å². The molecule has 0 saturated heterocycles. The monoisotopic (exact) mass is 458 g/mol. The highest BCUT2D eigenvalue weighted by atomic mass is 32.1. The third kappa shape index (κ3) is 4.94. The number of esters is 1. The Morgan fingerprint density at radius 1 is 1.28 bits per heavy atom. The van der Waals surface area contributed by atoms with E-state index in [2.05, 4.69) is 15.4 Å². The molecular formula is C21H22N4O6S. The number of carbonyl (C=O) groups excluding carboxylic acids is 2. The first-order chi connectivity index (χ1) is 15.2. The van der Waals surface area contributed by atoms with Crippen LogP contribution in [0.2, 0.25) is 0 Å². The minimum atomic E-state index is -0.804. The third-order valence-corrected chi connectivity index (χ3v) is 5.24. The van der Waals surface area contributed by atoms with Crippen LogP contribution in [0.3, 0.4) is 0 Å². The number of nitrogens with one attached hydrogen (secondary N) is 1. The molecule has 2 N–H and O–H groups in total. The molecule has 2 heterocycles. The maximum atomic E-state index is 12.8. The molecule has 3 aromatic rings. The number of methoxy groups -OCH3 is 1. The first kappa shape index (κ1) is 22.9. The van der Waals surface area contributed by atoms with Gasteiger partial charge < -0.3 is 14.6 Å². The Hall–Kier alpha value is -3.73. The molecule has 2 aromatic heterocycles. The topological polar surface area (TPSA) is 133 Å². The van der Waals surface area contributed by atoms with Crippen LogP contribution in [0.5, 0.6) is 11.5 Å². The van der Waals surface area contributed by atoms with Crippen molar-refractivity contribution in [2.75, 3.05) is 19.0 Å². The van der Waals surface area contributed by atoms with Crippen LogP contribution in [-0.4, -0.2) is 45.5 Å². The van der Waals surface area contributed by atoms with Crippen molar-refractivity contribution in [2.45, 2.75) is 20.8 Å². The van der Waals surface area contributed by atoms with Crippen LogP contribution in [-0.2, 0) is 4.74 Å². The zero-order valence-electron chi connectivity index (χ0n) is 17.9. The molecule has 0 aliphatic heterocycles. The zero-order valence-corrected chi connectivity index (χ0v) is 18.7. The first-order valence-electron chi connectivity index (χ1n) is 9.64. The predicted octanol–water partition coefficient (Wildman–Crippen LogP) is 2.78. The Labute approximate surface area is 187 Å². The lowest BCUT2D eigenvalue weighted by Gasteiger charge is -2.11. The predicted molar refractivity (Wildman–Crippen MR) is 118 cm³/mol. The fourth-order valence-electron chi connectivity index (χ4n) is 2.69. The maximum absolute atomic E-state index is 12.8. The van der Waals surface area contributed by atoms with Gasteiger partial charge in [-0.05, 0) is 25.0 Å². The molecule has 10 nitrogen and oxygen atoms in total. The van der Waals surface area contributed by atoms with E-state index in [0.717, 1.165) is 22.1 Å². The van der Waals surface area contributed by atoms with Gasteiger partial charge in [0.25, 0.3) is 11.5 Å². The average molecular weight is 458 g/mol. The summed E-state index contributed by atoms with van der Waals surface area (Å²) in [7, 11) is 1.44. The van der Waals surface area contributed by atoms with Gasteiger partial charge in [-0.25, -0.2) is 9.78 Å². The molecule has 0 bridgehead atoms. The SMILES string of the molecule is COc1ccccc1-n1nc(C(=O)Nc2nc(C)c(C(=O)OCC(C)C)s2)c(O)cc1=O. The van der Waals surface area contributed by atoms with Crippen LogP contribution in [0.25, 0.3) is 5.69 Å². The summed E-state index contributed by atoms with van der Waals surface area (Å²) < 4.78 is 11.4. The number of carbonyl (C=O) groups is 2. The number of rotatable bonds is 7. The van der Waals surface area contributed by atoms with Crippen molar-refractivity contribution in [1.82, 2.24) is 14.8 Å². The summed E-state index contributed by atoms with van der Waals surface area (Å²) >= 11 is 0.942. The average Bonchev–Trinajstić information content (AvgIpc) is 3.11. The first-order valence-corrected chi connectivity index (χ1v) is 10.5. The van der Waals surface area contributed by atoms with Gasteiger partial charge in [0.1, 0.15) is 16.3 Å². The van der Waals surface area contributed by atoms with Crippen molar-refractivity contribution < 1.29 is 24.2 Å². The van der Waals surface area contributed by atoms with E-state index in [-0.39, 0.29) is 22.5 Å². The number of hydrogen-bond acceptors (Lipinski definition) is 9. The second-order valence-corrected chi connectivity index (χ2v) is 8.18. The minimum Gasteiger partial charge on any atom is -0.505 e. The van der Waals surface area contributed by atoms with E-state index in [1.54, 1.807) is 31.2 Å². The van der Waals surface area contributed by atoms with Crippen LogP contribution in [0, 0.1) is 12.8 Å². The molecule has 0 saturated carbocycles. The number of para-hydroxylation sites is 2. The van der Waals surface area contributed by atoms with E-state index in [9.17, 15) is 19.5 Å². The molecule has 1 aromatic carbocycles. The lowest BCUT2D eigenvalue weighted by Crippen LogP contribution is -2.25. The quantitative estimate of drug-likeness (QED) is 0.517. The van der Waals surface area contributed by atoms with Crippen molar-refractivity contribution in [3.63, 3.8) is 0 Å². The van der Waals surface area contributed by atoms with Gasteiger partial charge in [-0.1, -0.05) is 37.3 Å². The largest absolute Gasteiger partial charge is 0.505 e. The van der Waals surface area contributed by atoms with E-state index in [0.29, 0.717) is 17.1 Å². The molecular weight excluding hydrogens is 436 g/mol. The highest BCUT2D eigenvalue weighted by Gasteiger charge is 2.22. The molecule has 0 atom stereocenters. The van der Waals surface area contributed by atoms with Crippen LogP contribution in [0.4, 0.5) is 5.13 Å². The minimum absolute atomic E-state index is 0.125. The number of hydrogen-bond donors (Lipinski definition) is 2. The molecule has 11 heteroatoms. The number of thiazole rings is 1. The number of aryl methyl sites for hydroxylation is 1. The Morgan fingerprint density at radius 3 is 2.69 bits per heavy atom. The lowest BCUT2D eigenvalue weighted by molar-refractivity contribution is 0.0463. The second kappa shape index (κ2) is 9.60. The molecule has 1 amide bonds. The fraction of sp³-hybridized carbons (Fsp3) is 0.286. The molecule has 0 aliphatic carbocycles. The lowest BCUT2D eigenvalue weighted by atomic mass is 10.2. The van der Waals surface area contributed by atoms with Gasteiger partial charge in [0.05, 0.1) is 19.4 Å². The standard InChI is InChI=1S/C21H22N4O6S/c1-11(2)10-31-20(29)18-12(3)22-21(32-18)23-19(28)17-14(26)9-16(27)25(24-17)13-7-5-6-8-15(13)30-4/h5-9,11,26H,10H2,1-4H3,(H,22,23,28). The smallest absolute Gasteiger partial charge is 0.350 e. The molecule has 0 aliphatic rings. The number of benzene rings is 1. The molecule has 32 heavy (non-hydrogen) atoms. The van der Waals surface area contributed by atoms with Crippen molar-refractivity contribution in [3.8, 4) is 17.2 Å². The van der Waals surface area contributed by atoms with Crippen molar-refractivity contribution in [1.29, 1.82) is 0 Å². The van der Waals surface area contributed by atoms with E-state index >= 15 is 0 Å². The van der Waals surface area contributed by atoms with Crippen LogP contribution >= 0.6 is 11.3 Å². The normalized spacial score (nSPS) is 10.8. The number of nitrogens with zero attached hydrogens (tertiary/aromatic N) is 3. The third-order valence-electron chi connectivity index (χ3n) is 4.19. The highest BCUT2D eigenvalue weighted by Crippen LogP contribution is 2.25. The number of anilines is 1. The fourth-order valence-corrected chi connectivity index (χ4v) is 3.54. The summed E-state index contributed by atoms with van der Waals surface area (Å²) in [6.45, 7) is 5.72. The summed E-state index contributed by atoms with van der Waals surface area (Å²) in [4.78, 5) is 41.8. The summed E-state index contributed by atoms with van der Waals surface area (Å²) in [6, 6.07) is 7.50. The van der Waals surface area contributed by atoms with Gasteiger partial charge in [-0.2, -0.15) is 9.78 Å². The summed E-state index contributed by atoms with van der Waals surface area (Å²) in [5.41, 5.74) is -0.347. The summed E-state index contributed by atoms with van der Waals surface area (Å²) in [5, 5.41) is 16.8. The number of aromatic hydroxyl groups is 1. The molecule has 0 fully saturated rings. The molecule has 0 unspecified atom stereocenters. The number of ether oxygens (including phenoxy) is 2. The summed E-state index contributed by atoms with van der Waals surface area (Å²) in [6.07, 6.45) is 0. The maximum Gasteiger partial charge on any atom is 0.350 e. The Bertz CT molecular complexity index is 1220. The number of aromatic nitrogens is 3. The Balaban J connectivity index is 1.88. The number of amides is 1. The van der Waals surface area contributed by atoms with E-state index in [1.807, 2.05) is 13.8 Å². The van der Waals surface area contributed by atoms with E-state index < -0.39 is 28.9 Å². The Kier molecular flexibility index (Phi) is 6.89. The molecule has 168 valence electrons. The Morgan fingerprint density at radius 2 is 2.00 bits per heavy atom. The van der Waals surface area contributed by atoms with E-state index in [4.69, 9.17) is 9.47 Å². The van der Waals surface area contributed by atoms with Crippen molar-refractivity contribution >= 4 is 28.3 Å². The van der Waals surface area contributed by atoms with Crippen LogP contribution < -0.4 is 15.6 Å². The molecule has 0 spiro atoms. The molecule has 0 radical (unpaired) electrons. The van der Waals surface area contributed by atoms with Gasteiger partial charge in [-0.3, -0.25) is 14.9 Å². The van der Waals surface area contributed by atoms with Gasteiger partial charge >= 0.3 is 5.97 Å². The second-order valence-electron chi connectivity index (χ2n) is 7.18. The van der Waals surface area contributed by atoms with Crippen LogP contribution in [0.15, 0.2) is 35.1 Å². The zero-order chi connectivity index (χ0) is 23.4. The van der Waals surface area contributed by atoms with Crippen molar-refractivity contribution in [3.05, 3.63) is 57.0 Å².